The van der Waals surface area contributed by atoms with Crippen molar-refractivity contribution >= 4 is 26.8 Å². The number of hydrogen-bond donors (Lipinski definition) is 0. The standard InChI is InChI=1S/C25H20F2N2O4S/c1-15-7-9-17(10-8-15)34(30,31)29-12-11-19-21(29)14-20(26)24(23(19)27)33-22-13-16-5-3-4-6-18(16)25(28-22)32-2/h3-12,14,22H,13H2,1-2H3. The van der Waals surface area contributed by atoms with E-state index in [0.717, 1.165) is 26.7 Å². The molecule has 0 saturated carbocycles. The van der Waals surface area contributed by atoms with Gasteiger partial charge in [-0.15, -0.1) is 0 Å². The Labute approximate surface area is 195 Å². The number of nitrogens with zero attached hydrogens (tertiary/aromatic N) is 2. The Kier molecular flexibility index (Phi) is 5.36. The van der Waals surface area contributed by atoms with Crippen LogP contribution in [0.4, 0.5) is 8.78 Å². The molecule has 0 amide bonds. The van der Waals surface area contributed by atoms with Gasteiger partial charge in [0.15, 0.2) is 23.6 Å². The molecule has 1 aromatic heterocycles. The summed E-state index contributed by atoms with van der Waals surface area (Å²) in [7, 11) is -2.59. The average molecular weight is 483 g/mol. The first-order valence-electron chi connectivity index (χ1n) is 10.5. The van der Waals surface area contributed by atoms with Crippen molar-refractivity contribution in [1.82, 2.24) is 3.97 Å². The highest BCUT2D eigenvalue weighted by Gasteiger charge is 2.28. The number of fused-ring (bicyclic) bond motifs is 2. The third-order valence-electron chi connectivity index (χ3n) is 5.73. The molecule has 34 heavy (non-hydrogen) atoms. The summed E-state index contributed by atoms with van der Waals surface area (Å²) in [5, 5.41) is -0.0840. The van der Waals surface area contributed by atoms with E-state index in [1.165, 1.54) is 31.5 Å². The van der Waals surface area contributed by atoms with Gasteiger partial charge in [-0.3, -0.25) is 0 Å². The zero-order valence-electron chi connectivity index (χ0n) is 18.3. The van der Waals surface area contributed by atoms with E-state index in [9.17, 15) is 8.42 Å². The molecule has 0 radical (unpaired) electrons. The molecule has 0 saturated heterocycles. The second kappa shape index (κ2) is 8.25. The highest BCUT2D eigenvalue weighted by Crippen LogP contribution is 2.34. The van der Waals surface area contributed by atoms with Crippen LogP contribution in [0.25, 0.3) is 10.9 Å². The fraction of sp³-hybridized carbons (Fsp3) is 0.160. The van der Waals surface area contributed by atoms with Crippen LogP contribution in [-0.4, -0.2) is 31.6 Å². The Hall–Kier alpha value is -3.72. The molecule has 2 heterocycles. The van der Waals surface area contributed by atoms with Crippen molar-refractivity contribution in [1.29, 1.82) is 0 Å². The van der Waals surface area contributed by atoms with Crippen LogP contribution in [0.15, 0.2) is 76.7 Å². The van der Waals surface area contributed by atoms with Gasteiger partial charge in [0.2, 0.25) is 5.90 Å². The maximum absolute atomic E-state index is 15.4. The van der Waals surface area contributed by atoms with Crippen LogP contribution >= 0.6 is 0 Å². The zero-order chi connectivity index (χ0) is 24.0. The van der Waals surface area contributed by atoms with Gasteiger partial charge in [-0.1, -0.05) is 35.9 Å². The van der Waals surface area contributed by atoms with Crippen molar-refractivity contribution in [3.8, 4) is 5.75 Å². The fourth-order valence-corrected chi connectivity index (χ4v) is 5.35. The second-order valence-corrected chi connectivity index (χ2v) is 9.75. The molecular weight excluding hydrogens is 462 g/mol. The van der Waals surface area contributed by atoms with Gasteiger partial charge in [0.1, 0.15) is 0 Å². The Morgan fingerprint density at radius 2 is 1.79 bits per heavy atom. The lowest BCUT2D eigenvalue weighted by Gasteiger charge is -2.23. The number of aliphatic imine (C=N–C) groups is 1. The molecule has 0 aliphatic carbocycles. The maximum atomic E-state index is 15.4. The van der Waals surface area contributed by atoms with E-state index in [2.05, 4.69) is 4.99 Å². The summed E-state index contributed by atoms with van der Waals surface area (Å²) in [6.45, 7) is 1.83. The van der Waals surface area contributed by atoms with Gasteiger partial charge in [-0.25, -0.2) is 26.2 Å². The van der Waals surface area contributed by atoms with Gasteiger partial charge < -0.3 is 9.47 Å². The van der Waals surface area contributed by atoms with Crippen LogP contribution in [0, 0.1) is 18.6 Å². The van der Waals surface area contributed by atoms with Crippen LogP contribution in [-0.2, 0) is 21.2 Å². The van der Waals surface area contributed by atoms with E-state index in [0.29, 0.717) is 12.3 Å². The lowest BCUT2D eigenvalue weighted by molar-refractivity contribution is 0.187. The van der Waals surface area contributed by atoms with E-state index >= 15 is 8.78 Å². The molecule has 9 heteroatoms. The molecule has 4 aromatic rings. The van der Waals surface area contributed by atoms with Gasteiger partial charge in [-0.05, 0) is 36.8 Å². The van der Waals surface area contributed by atoms with Crippen molar-refractivity contribution in [3.05, 3.63) is 95.2 Å². The zero-order valence-corrected chi connectivity index (χ0v) is 19.1. The van der Waals surface area contributed by atoms with Gasteiger partial charge >= 0.3 is 0 Å². The number of aromatic nitrogens is 1. The summed E-state index contributed by atoms with van der Waals surface area (Å²) in [5.74, 6) is -2.34. The summed E-state index contributed by atoms with van der Waals surface area (Å²) in [4.78, 5) is 4.34. The Bertz CT molecular complexity index is 1540. The number of halogens is 2. The minimum atomic E-state index is -4.05. The van der Waals surface area contributed by atoms with Crippen molar-refractivity contribution in [2.24, 2.45) is 4.99 Å². The number of ether oxygens (including phenoxy) is 2. The monoisotopic (exact) mass is 482 g/mol. The Morgan fingerprint density at radius 1 is 1.06 bits per heavy atom. The quantitative estimate of drug-likeness (QED) is 0.418. The molecule has 0 bridgehead atoms. The first kappa shape index (κ1) is 22.1. The molecule has 1 unspecified atom stereocenters. The topological polar surface area (TPSA) is 69.9 Å². The molecule has 0 spiro atoms. The molecule has 1 aliphatic heterocycles. The Balaban J connectivity index is 1.53. The summed E-state index contributed by atoms with van der Waals surface area (Å²) in [6.07, 6.45) is 0.581. The van der Waals surface area contributed by atoms with Crippen LogP contribution in [0.2, 0.25) is 0 Å². The predicted octanol–water partition coefficient (Wildman–Crippen LogP) is 4.82. The summed E-state index contributed by atoms with van der Waals surface area (Å²) in [6, 6.07) is 15.9. The molecular formula is C25H20F2N2O4S. The van der Waals surface area contributed by atoms with Gasteiger partial charge in [0.05, 0.1) is 17.5 Å². The molecule has 0 fully saturated rings. The first-order chi connectivity index (χ1) is 16.3. The largest absolute Gasteiger partial charge is 0.481 e. The molecule has 1 aliphatic rings. The lowest BCUT2D eigenvalue weighted by atomic mass is 10.0. The van der Waals surface area contributed by atoms with Crippen LogP contribution in [0.5, 0.6) is 5.75 Å². The van der Waals surface area contributed by atoms with E-state index in [1.807, 2.05) is 31.2 Å². The SMILES string of the molecule is COC1=NC(Oc2c(F)cc3c(ccn3S(=O)(=O)c3ccc(C)cc3)c2F)Cc2ccccc21. The Morgan fingerprint density at radius 3 is 2.53 bits per heavy atom. The summed E-state index contributed by atoms with van der Waals surface area (Å²) in [5.41, 5.74) is 2.43. The normalized spacial score (nSPS) is 15.6. The number of hydrogen-bond acceptors (Lipinski definition) is 5. The van der Waals surface area contributed by atoms with E-state index in [1.54, 1.807) is 12.1 Å². The minimum absolute atomic E-state index is 0.0130. The predicted molar refractivity (Wildman–Crippen MR) is 124 cm³/mol. The van der Waals surface area contributed by atoms with Crippen LogP contribution < -0.4 is 4.74 Å². The van der Waals surface area contributed by atoms with Crippen molar-refractivity contribution in [2.75, 3.05) is 7.11 Å². The third-order valence-corrected chi connectivity index (χ3v) is 7.44. The minimum Gasteiger partial charge on any atom is -0.481 e. The second-order valence-electron chi connectivity index (χ2n) is 7.94. The van der Waals surface area contributed by atoms with Gasteiger partial charge in [0.25, 0.3) is 10.0 Å². The number of rotatable bonds is 4. The maximum Gasteiger partial charge on any atom is 0.268 e. The van der Waals surface area contributed by atoms with Crippen LogP contribution in [0.1, 0.15) is 16.7 Å². The van der Waals surface area contributed by atoms with Crippen LogP contribution in [0.3, 0.4) is 0 Å². The summed E-state index contributed by atoms with van der Waals surface area (Å²) < 4.78 is 68.4. The van der Waals surface area contributed by atoms with E-state index < -0.39 is 33.6 Å². The third kappa shape index (κ3) is 3.62. The number of aryl methyl sites for hydroxylation is 1. The lowest BCUT2D eigenvalue weighted by Crippen LogP contribution is -2.27. The average Bonchev–Trinajstić information content (AvgIpc) is 3.26. The highest BCUT2D eigenvalue weighted by atomic mass is 32.2. The van der Waals surface area contributed by atoms with Gasteiger partial charge in [0, 0.05) is 29.6 Å². The number of benzene rings is 3. The molecule has 3 aromatic carbocycles. The molecule has 6 nitrogen and oxygen atoms in total. The first-order valence-corrected chi connectivity index (χ1v) is 11.9. The molecule has 5 rings (SSSR count). The van der Waals surface area contributed by atoms with Gasteiger partial charge in [-0.2, -0.15) is 0 Å². The van der Waals surface area contributed by atoms with E-state index in [-0.39, 0.29) is 15.8 Å². The van der Waals surface area contributed by atoms with Crippen molar-refractivity contribution < 1.29 is 26.7 Å². The molecule has 0 N–H and O–H groups in total. The van der Waals surface area contributed by atoms with Crippen molar-refractivity contribution in [2.45, 2.75) is 24.5 Å². The van der Waals surface area contributed by atoms with Crippen molar-refractivity contribution in [3.63, 3.8) is 0 Å². The molecule has 1 atom stereocenters. The summed E-state index contributed by atoms with van der Waals surface area (Å²) >= 11 is 0. The highest BCUT2D eigenvalue weighted by molar-refractivity contribution is 7.90. The fourth-order valence-electron chi connectivity index (χ4n) is 4.02. The van der Waals surface area contributed by atoms with E-state index in [4.69, 9.17) is 9.47 Å². The molecule has 174 valence electrons. The smallest absolute Gasteiger partial charge is 0.268 e. The number of methoxy groups -OCH3 is 1.